The van der Waals surface area contributed by atoms with Gasteiger partial charge in [-0.2, -0.15) is 4.98 Å². The van der Waals surface area contributed by atoms with Gasteiger partial charge in [0.15, 0.2) is 5.82 Å². The lowest BCUT2D eigenvalue weighted by Gasteiger charge is -2.04. The monoisotopic (exact) mass is 295 g/mol. The van der Waals surface area contributed by atoms with E-state index in [9.17, 15) is 4.39 Å². The maximum atomic E-state index is 13.0. The molecular weight excluding hydrogens is 281 g/mol. The topological polar surface area (TPSA) is 64.9 Å². The summed E-state index contributed by atoms with van der Waals surface area (Å²) in [6.45, 7) is 0. The minimum Gasteiger partial charge on any atom is -0.339 e. The SMILES string of the molecule is NC(Cc1nc(Cc2ccc(F)cc2Cl)no1)C1CC1. The third kappa shape index (κ3) is 3.16. The van der Waals surface area contributed by atoms with Crippen molar-refractivity contribution in [3.63, 3.8) is 0 Å². The zero-order chi connectivity index (χ0) is 14.1. The Balaban J connectivity index is 1.67. The molecule has 20 heavy (non-hydrogen) atoms. The van der Waals surface area contributed by atoms with Crippen LogP contribution in [0.25, 0.3) is 0 Å². The van der Waals surface area contributed by atoms with Gasteiger partial charge in [0.1, 0.15) is 5.82 Å². The van der Waals surface area contributed by atoms with Crippen molar-refractivity contribution in [2.45, 2.75) is 31.7 Å². The molecule has 2 aromatic rings. The molecule has 3 rings (SSSR count). The molecule has 0 saturated heterocycles. The molecule has 0 amide bonds. The lowest BCUT2D eigenvalue weighted by atomic mass is 10.1. The van der Waals surface area contributed by atoms with E-state index < -0.39 is 0 Å². The van der Waals surface area contributed by atoms with Gasteiger partial charge in [0.25, 0.3) is 0 Å². The van der Waals surface area contributed by atoms with Gasteiger partial charge in [-0.3, -0.25) is 0 Å². The predicted octanol–water partition coefficient (Wildman–Crippen LogP) is 2.73. The van der Waals surface area contributed by atoms with E-state index in [4.69, 9.17) is 21.9 Å². The van der Waals surface area contributed by atoms with Gasteiger partial charge in [-0.25, -0.2) is 4.39 Å². The molecule has 0 bridgehead atoms. The van der Waals surface area contributed by atoms with Gasteiger partial charge in [0.05, 0.1) is 0 Å². The summed E-state index contributed by atoms with van der Waals surface area (Å²) < 4.78 is 18.2. The van der Waals surface area contributed by atoms with Gasteiger partial charge in [-0.15, -0.1) is 0 Å². The molecule has 1 fully saturated rings. The second kappa shape index (κ2) is 5.50. The van der Waals surface area contributed by atoms with Gasteiger partial charge < -0.3 is 10.3 Å². The number of aromatic nitrogens is 2. The maximum Gasteiger partial charge on any atom is 0.228 e. The van der Waals surface area contributed by atoms with Crippen molar-refractivity contribution in [1.29, 1.82) is 0 Å². The first kappa shape index (κ1) is 13.5. The first-order valence-corrected chi connectivity index (χ1v) is 7.00. The van der Waals surface area contributed by atoms with Crippen molar-refractivity contribution in [2.75, 3.05) is 0 Å². The average Bonchev–Trinajstić information content (AvgIpc) is 3.16. The highest BCUT2D eigenvalue weighted by Crippen LogP contribution is 2.32. The third-order valence-corrected chi connectivity index (χ3v) is 3.86. The van der Waals surface area contributed by atoms with Crippen LogP contribution >= 0.6 is 11.6 Å². The molecule has 6 heteroatoms. The molecule has 1 aromatic heterocycles. The van der Waals surface area contributed by atoms with Crippen LogP contribution in [-0.2, 0) is 12.8 Å². The smallest absolute Gasteiger partial charge is 0.228 e. The Hall–Kier alpha value is -1.46. The zero-order valence-corrected chi connectivity index (χ0v) is 11.6. The van der Waals surface area contributed by atoms with Gasteiger partial charge in [-0.1, -0.05) is 22.8 Å². The number of hydrogen-bond acceptors (Lipinski definition) is 4. The van der Waals surface area contributed by atoms with Crippen LogP contribution in [0.1, 0.15) is 30.1 Å². The van der Waals surface area contributed by atoms with Gasteiger partial charge in [-0.05, 0) is 36.5 Å². The van der Waals surface area contributed by atoms with E-state index in [-0.39, 0.29) is 11.9 Å². The van der Waals surface area contributed by atoms with E-state index in [1.165, 1.54) is 25.0 Å². The molecule has 4 nitrogen and oxygen atoms in total. The number of benzene rings is 1. The van der Waals surface area contributed by atoms with Crippen molar-refractivity contribution >= 4 is 11.6 Å². The molecule has 0 aliphatic heterocycles. The Bertz CT molecular complexity index is 612. The van der Waals surface area contributed by atoms with Crippen LogP contribution in [0.3, 0.4) is 0 Å². The Morgan fingerprint density at radius 2 is 2.25 bits per heavy atom. The predicted molar refractivity (Wildman–Crippen MR) is 72.9 cm³/mol. The Morgan fingerprint density at radius 1 is 1.45 bits per heavy atom. The van der Waals surface area contributed by atoms with Crippen LogP contribution in [0.15, 0.2) is 22.7 Å². The molecule has 1 unspecified atom stereocenters. The minimum absolute atomic E-state index is 0.0951. The second-order valence-corrected chi connectivity index (χ2v) is 5.63. The van der Waals surface area contributed by atoms with E-state index >= 15 is 0 Å². The number of halogens is 2. The Kier molecular flexibility index (Phi) is 3.72. The fourth-order valence-electron chi connectivity index (χ4n) is 2.17. The Labute approximate surface area is 121 Å². The van der Waals surface area contributed by atoms with E-state index in [1.807, 2.05) is 0 Å². The summed E-state index contributed by atoms with van der Waals surface area (Å²) in [6.07, 6.45) is 3.40. The molecule has 1 aliphatic rings. The highest BCUT2D eigenvalue weighted by Gasteiger charge is 2.29. The van der Waals surface area contributed by atoms with Gasteiger partial charge in [0, 0.05) is 23.9 Å². The first-order chi connectivity index (χ1) is 9.61. The summed E-state index contributed by atoms with van der Waals surface area (Å²) >= 11 is 5.97. The van der Waals surface area contributed by atoms with Crippen LogP contribution in [0.5, 0.6) is 0 Å². The van der Waals surface area contributed by atoms with Crippen molar-refractivity contribution in [3.8, 4) is 0 Å². The quantitative estimate of drug-likeness (QED) is 0.921. The molecule has 1 atom stereocenters. The summed E-state index contributed by atoms with van der Waals surface area (Å²) in [6, 6.07) is 4.37. The lowest BCUT2D eigenvalue weighted by Crippen LogP contribution is -2.25. The normalized spacial score (nSPS) is 16.4. The number of nitrogens with zero attached hydrogens (tertiary/aromatic N) is 2. The van der Waals surface area contributed by atoms with E-state index in [0.717, 1.165) is 5.56 Å². The summed E-state index contributed by atoms with van der Waals surface area (Å²) in [4.78, 5) is 4.31. The van der Waals surface area contributed by atoms with Crippen LogP contribution in [0.2, 0.25) is 5.02 Å². The standard InChI is InChI=1S/C14H15ClFN3O/c15-11-6-10(16)4-3-9(11)5-13-18-14(20-19-13)7-12(17)8-1-2-8/h3-4,6,8,12H,1-2,5,7,17H2. The minimum atomic E-state index is -0.358. The molecule has 0 radical (unpaired) electrons. The second-order valence-electron chi connectivity index (χ2n) is 5.22. The molecule has 1 aliphatic carbocycles. The van der Waals surface area contributed by atoms with Crippen LogP contribution in [-0.4, -0.2) is 16.2 Å². The number of hydrogen-bond donors (Lipinski definition) is 1. The van der Waals surface area contributed by atoms with Crippen molar-refractivity contribution in [3.05, 3.63) is 46.3 Å². The van der Waals surface area contributed by atoms with E-state index in [2.05, 4.69) is 10.1 Å². The van der Waals surface area contributed by atoms with E-state index in [0.29, 0.717) is 35.5 Å². The largest absolute Gasteiger partial charge is 0.339 e. The zero-order valence-electron chi connectivity index (χ0n) is 10.9. The molecule has 1 saturated carbocycles. The molecule has 106 valence electrons. The molecule has 0 spiro atoms. The van der Waals surface area contributed by atoms with Crippen LogP contribution in [0, 0.1) is 11.7 Å². The van der Waals surface area contributed by atoms with Gasteiger partial charge in [0.2, 0.25) is 5.89 Å². The van der Waals surface area contributed by atoms with Crippen LogP contribution in [0.4, 0.5) is 4.39 Å². The summed E-state index contributed by atoms with van der Waals surface area (Å²) in [5, 5.41) is 4.28. The highest BCUT2D eigenvalue weighted by atomic mass is 35.5. The van der Waals surface area contributed by atoms with Crippen molar-refractivity contribution in [2.24, 2.45) is 11.7 Å². The number of nitrogens with two attached hydrogens (primary N) is 1. The summed E-state index contributed by atoms with van der Waals surface area (Å²) in [5.41, 5.74) is 6.79. The summed E-state index contributed by atoms with van der Waals surface area (Å²) in [7, 11) is 0. The van der Waals surface area contributed by atoms with Crippen molar-refractivity contribution < 1.29 is 8.91 Å². The molecule has 1 aromatic carbocycles. The fraction of sp³-hybridized carbons (Fsp3) is 0.429. The molecule has 2 N–H and O–H groups in total. The maximum absolute atomic E-state index is 13.0. The average molecular weight is 296 g/mol. The third-order valence-electron chi connectivity index (χ3n) is 3.51. The fourth-order valence-corrected chi connectivity index (χ4v) is 2.41. The lowest BCUT2D eigenvalue weighted by molar-refractivity contribution is 0.359. The molecular formula is C14H15ClFN3O. The summed E-state index contributed by atoms with van der Waals surface area (Å²) in [5.74, 6) is 1.33. The number of rotatable bonds is 5. The van der Waals surface area contributed by atoms with Gasteiger partial charge >= 0.3 is 0 Å². The highest BCUT2D eigenvalue weighted by molar-refractivity contribution is 6.31. The Morgan fingerprint density at radius 3 is 2.95 bits per heavy atom. The molecule has 1 heterocycles. The van der Waals surface area contributed by atoms with Crippen LogP contribution < -0.4 is 5.73 Å². The van der Waals surface area contributed by atoms with Crippen molar-refractivity contribution in [1.82, 2.24) is 10.1 Å². The van der Waals surface area contributed by atoms with E-state index in [1.54, 1.807) is 6.07 Å². The first-order valence-electron chi connectivity index (χ1n) is 6.63.